The summed E-state index contributed by atoms with van der Waals surface area (Å²) in [5, 5.41) is 12.4. The van der Waals surface area contributed by atoms with E-state index in [1.807, 2.05) is 6.20 Å². The van der Waals surface area contributed by atoms with Gasteiger partial charge in [-0.2, -0.15) is 6.07 Å². The minimum Gasteiger partial charge on any atom is -0.573 e. The second kappa shape index (κ2) is 15.3. The van der Waals surface area contributed by atoms with E-state index in [1.165, 1.54) is 44.5 Å². The molecule has 0 radical (unpaired) electrons. The first kappa shape index (κ1) is 42.2. The van der Waals surface area contributed by atoms with Gasteiger partial charge in [-0.25, -0.2) is 9.97 Å². The zero-order chi connectivity index (χ0) is 43.4. The Bertz CT molecular complexity index is 3240. The Morgan fingerprint density at radius 2 is 1.30 bits per heavy atom. The minimum absolute atomic E-state index is 0. The number of fused-ring (bicyclic) bond motifs is 5. The molecule has 0 N–H and O–H groups in total. The predicted octanol–water partition coefficient (Wildman–Crippen LogP) is 14.0. The number of aromatic nitrogens is 5. The third kappa shape index (κ3) is 6.77. The van der Waals surface area contributed by atoms with Gasteiger partial charge in [0.1, 0.15) is 11.6 Å². The van der Waals surface area contributed by atoms with Crippen LogP contribution in [0.2, 0.25) is 0 Å². The molecule has 10 rings (SSSR count). The summed E-state index contributed by atoms with van der Waals surface area (Å²) in [6, 6.07) is 43.5. The van der Waals surface area contributed by atoms with Crippen LogP contribution in [0.5, 0.6) is 0 Å². The van der Waals surface area contributed by atoms with Crippen LogP contribution >= 0.6 is 0 Å². The standard InChI is InChI=1S/C56H52N6.Pt/c1-32-26-34(3)49(35(4)27-32)51-52(59-60-53(51)50-36(5)28-33(2)29-37(50)6)44-23-22-43-54(58-44)61(46-19-15-13-17-42(46)56(43,10)11)39-20-21-41-40-16-12-14-18-45(40)62(47(41)31-39)48-30-38(24-25-57-48)55(7,8)9;/h12-30H,1-11H3;/q-2;+2. The quantitative estimate of drug-likeness (QED) is 0.161. The van der Waals surface area contributed by atoms with Gasteiger partial charge < -0.3 is 19.7 Å². The molecular weight excluding hydrogens is 952 g/mol. The molecule has 4 aromatic heterocycles. The molecule has 7 heteroatoms. The zero-order valence-electron chi connectivity index (χ0n) is 38.0. The van der Waals surface area contributed by atoms with Gasteiger partial charge in [-0.05, 0) is 127 Å². The molecule has 5 aromatic carbocycles. The first-order chi connectivity index (χ1) is 29.6. The van der Waals surface area contributed by atoms with Crippen molar-refractivity contribution < 1.29 is 21.1 Å². The van der Waals surface area contributed by atoms with Gasteiger partial charge in [0.2, 0.25) is 0 Å². The van der Waals surface area contributed by atoms with Gasteiger partial charge in [0.25, 0.3) is 0 Å². The molecule has 0 atom stereocenters. The van der Waals surface area contributed by atoms with E-state index in [1.54, 1.807) is 0 Å². The van der Waals surface area contributed by atoms with Crippen LogP contribution in [0.25, 0.3) is 61.4 Å². The summed E-state index contributed by atoms with van der Waals surface area (Å²) in [6.45, 7) is 24.4. The summed E-state index contributed by atoms with van der Waals surface area (Å²) >= 11 is 0. The van der Waals surface area contributed by atoms with Gasteiger partial charge in [-0.15, -0.1) is 17.5 Å². The van der Waals surface area contributed by atoms with Gasteiger partial charge in [0.15, 0.2) is 0 Å². The molecule has 0 fully saturated rings. The maximum absolute atomic E-state index is 5.69. The van der Waals surface area contributed by atoms with Crippen molar-refractivity contribution >= 4 is 39.0 Å². The van der Waals surface area contributed by atoms with Crippen LogP contribution in [0.1, 0.15) is 84.7 Å². The van der Waals surface area contributed by atoms with Crippen molar-refractivity contribution in [2.24, 2.45) is 0 Å². The molecule has 5 heterocycles. The summed E-state index contributed by atoms with van der Waals surface area (Å²) in [4.78, 5) is 13.0. The number of anilines is 3. The molecule has 63 heavy (non-hydrogen) atoms. The average molecular weight is 1000 g/mol. The SMILES string of the molecule is Cc1cc(C)c(-c2n[n-]c(-c3ccc4c(n3)N(c3[c-]c5c(cc3)c3ccccc3n5-c3cc(C(C)(C)C)ccn3)c3ccccc3C4(C)C)c2-c2c(C)cc(C)cc2C)c(C)c1.[Pt+2]. The number of aryl methyl sites for hydroxylation is 6. The van der Waals surface area contributed by atoms with Crippen molar-refractivity contribution in [3.05, 3.63) is 172 Å². The smallest absolute Gasteiger partial charge is 0.573 e. The van der Waals surface area contributed by atoms with Crippen LogP contribution in [-0.4, -0.2) is 19.6 Å². The van der Waals surface area contributed by atoms with Gasteiger partial charge in [-0.3, -0.25) is 0 Å². The Balaban J connectivity index is 0.00000504. The fourth-order valence-electron chi connectivity index (χ4n) is 10.2. The number of benzene rings is 5. The molecular formula is C56H52N6Pt. The number of hydrogen-bond acceptors (Lipinski definition) is 4. The van der Waals surface area contributed by atoms with Crippen LogP contribution < -0.4 is 10.00 Å². The summed E-state index contributed by atoms with van der Waals surface area (Å²) in [5.41, 5.74) is 20.2. The van der Waals surface area contributed by atoms with E-state index in [9.17, 15) is 0 Å². The zero-order valence-corrected chi connectivity index (χ0v) is 40.2. The van der Waals surface area contributed by atoms with E-state index in [2.05, 4.69) is 201 Å². The molecule has 0 spiro atoms. The van der Waals surface area contributed by atoms with E-state index < -0.39 is 0 Å². The molecule has 1 aliphatic rings. The second-order valence-corrected chi connectivity index (χ2v) is 19.0. The van der Waals surface area contributed by atoms with Gasteiger partial charge in [0.05, 0.1) is 11.4 Å². The third-order valence-electron chi connectivity index (χ3n) is 13.0. The summed E-state index contributed by atoms with van der Waals surface area (Å²) < 4.78 is 2.27. The van der Waals surface area contributed by atoms with E-state index >= 15 is 0 Å². The Labute approximate surface area is 385 Å². The monoisotopic (exact) mass is 1000 g/mol. The van der Waals surface area contributed by atoms with E-state index in [0.717, 1.165) is 84.2 Å². The summed E-state index contributed by atoms with van der Waals surface area (Å²) in [5.74, 6) is 1.73. The first-order valence-corrected chi connectivity index (χ1v) is 21.7. The fourth-order valence-corrected chi connectivity index (χ4v) is 10.2. The molecule has 9 aromatic rings. The Morgan fingerprint density at radius 3 is 2.00 bits per heavy atom. The van der Waals surface area contributed by atoms with E-state index in [0.29, 0.717) is 0 Å². The summed E-state index contributed by atoms with van der Waals surface area (Å²) in [6.07, 6.45) is 1.93. The maximum Gasteiger partial charge on any atom is 2.00 e. The Hall–Kier alpha value is -6.10. The number of nitrogens with zero attached hydrogens (tertiary/aromatic N) is 6. The summed E-state index contributed by atoms with van der Waals surface area (Å²) in [7, 11) is 0. The maximum atomic E-state index is 5.69. The molecule has 0 amide bonds. The van der Waals surface area contributed by atoms with Crippen molar-refractivity contribution in [3.8, 4) is 39.6 Å². The number of hydrogen-bond donors (Lipinski definition) is 0. The number of pyridine rings is 2. The minimum atomic E-state index is -0.337. The predicted molar refractivity (Wildman–Crippen MR) is 257 cm³/mol. The van der Waals surface area contributed by atoms with E-state index in [4.69, 9.17) is 20.2 Å². The molecule has 0 bridgehead atoms. The molecule has 0 saturated heterocycles. The van der Waals surface area contributed by atoms with Crippen LogP contribution in [0, 0.1) is 47.6 Å². The molecule has 0 aliphatic carbocycles. The van der Waals surface area contributed by atoms with Crippen LogP contribution in [0.4, 0.5) is 17.2 Å². The van der Waals surface area contributed by atoms with Crippen LogP contribution in [0.3, 0.4) is 0 Å². The van der Waals surface area contributed by atoms with Crippen LogP contribution in [0.15, 0.2) is 115 Å². The number of rotatable bonds is 5. The second-order valence-electron chi connectivity index (χ2n) is 19.0. The Morgan fingerprint density at radius 1 is 0.651 bits per heavy atom. The van der Waals surface area contributed by atoms with Crippen molar-refractivity contribution in [1.82, 2.24) is 24.7 Å². The van der Waals surface area contributed by atoms with Crippen molar-refractivity contribution in [2.45, 2.75) is 87.0 Å². The molecule has 316 valence electrons. The van der Waals surface area contributed by atoms with Gasteiger partial charge in [-0.1, -0.05) is 129 Å². The van der Waals surface area contributed by atoms with Crippen molar-refractivity contribution in [3.63, 3.8) is 0 Å². The van der Waals surface area contributed by atoms with E-state index in [-0.39, 0.29) is 31.9 Å². The van der Waals surface area contributed by atoms with Gasteiger partial charge >= 0.3 is 21.1 Å². The topological polar surface area (TPSA) is 60.9 Å². The van der Waals surface area contributed by atoms with Crippen LogP contribution in [-0.2, 0) is 31.9 Å². The molecule has 6 nitrogen and oxygen atoms in total. The van der Waals surface area contributed by atoms with Gasteiger partial charge in [0, 0.05) is 33.9 Å². The third-order valence-corrected chi connectivity index (χ3v) is 13.0. The molecule has 0 saturated carbocycles. The Kier molecular flexibility index (Phi) is 10.3. The largest absolute Gasteiger partial charge is 2.00 e. The number of para-hydroxylation sites is 2. The normalized spacial score (nSPS) is 13.3. The fraction of sp³-hybridized carbons (Fsp3) is 0.232. The average Bonchev–Trinajstić information content (AvgIpc) is 3.79. The molecule has 0 unspecified atom stereocenters. The van der Waals surface area contributed by atoms with Crippen molar-refractivity contribution in [1.29, 1.82) is 0 Å². The van der Waals surface area contributed by atoms with Crippen molar-refractivity contribution in [2.75, 3.05) is 4.90 Å². The first-order valence-electron chi connectivity index (χ1n) is 21.7. The molecule has 1 aliphatic heterocycles.